The number of aryl methyl sites for hydroxylation is 1. The van der Waals surface area contributed by atoms with Crippen molar-refractivity contribution in [3.8, 4) is 0 Å². The number of β-amino-alcohol motifs (C(OH)–C–C–N with tert-alkyl or cyclic N) is 1. The van der Waals surface area contributed by atoms with Crippen molar-refractivity contribution in [3.05, 3.63) is 71.4 Å². The number of amides is 1. The lowest BCUT2D eigenvalue weighted by Gasteiger charge is -2.24. The van der Waals surface area contributed by atoms with E-state index in [1.54, 1.807) is 27.6 Å². The summed E-state index contributed by atoms with van der Waals surface area (Å²) in [5, 5.41) is 10.1. The number of carbonyl (C=O) groups is 1. The maximum absolute atomic E-state index is 13.2. The van der Waals surface area contributed by atoms with Crippen molar-refractivity contribution in [3.63, 3.8) is 0 Å². The maximum atomic E-state index is 13.2. The number of carbonyl (C=O) groups excluding carboxylic acids is 1. The van der Waals surface area contributed by atoms with Gasteiger partial charge in [0.25, 0.3) is 5.91 Å². The summed E-state index contributed by atoms with van der Waals surface area (Å²) in [6.07, 6.45) is 3.40. The lowest BCUT2D eigenvalue weighted by molar-refractivity contribution is 0.0710. The second-order valence-corrected chi connectivity index (χ2v) is 6.51. The number of aliphatic hydroxyl groups is 1. The van der Waals surface area contributed by atoms with Crippen LogP contribution in [-0.2, 0) is 0 Å². The topological polar surface area (TPSA) is 57.8 Å². The lowest BCUT2D eigenvalue weighted by Crippen LogP contribution is -2.32. The molecule has 1 saturated heterocycles. The molecule has 0 saturated carbocycles. The number of imidazole rings is 1. The molecule has 2 atom stereocenters. The van der Waals surface area contributed by atoms with Crippen molar-refractivity contribution in [1.29, 1.82) is 0 Å². The number of pyridine rings is 1. The van der Waals surface area contributed by atoms with Gasteiger partial charge in [0.1, 0.15) is 17.2 Å². The van der Waals surface area contributed by atoms with Gasteiger partial charge in [-0.2, -0.15) is 0 Å². The fourth-order valence-corrected chi connectivity index (χ4v) is 3.37. The van der Waals surface area contributed by atoms with E-state index < -0.39 is 6.10 Å². The van der Waals surface area contributed by atoms with Gasteiger partial charge in [-0.25, -0.2) is 9.37 Å². The fourth-order valence-electron chi connectivity index (χ4n) is 3.37. The van der Waals surface area contributed by atoms with Crippen LogP contribution in [0.1, 0.15) is 34.1 Å². The zero-order valence-electron chi connectivity index (χ0n) is 13.8. The summed E-state index contributed by atoms with van der Waals surface area (Å²) in [7, 11) is 0. The third-order valence-electron chi connectivity index (χ3n) is 4.63. The second kappa shape index (κ2) is 5.97. The van der Waals surface area contributed by atoms with Crippen LogP contribution in [0.15, 0.2) is 48.8 Å². The van der Waals surface area contributed by atoms with Crippen LogP contribution >= 0.6 is 0 Å². The molecule has 0 bridgehead atoms. The number of likely N-dealkylation sites (tertiary alicyclic amines) is 1. The van der Waals surface area contributed by atoms with Gasteiger partial charge in [0.15, 0.2) is 0 Å². The van der Waals surface area contributed by atoms with Crippen molar-refractivity contribution in [1.82, 2.24) is 14.3 Å². The number of benzene rings is 1. The number of nitrogens with zero attached hydrogens (tertiary/aromatic N) is 3. The number of halogens is 1. The van der Waals surface area contributed by atoms with Crippen molar-refractivity contribution in [2.24, 2.45) is 0 Å². The van der Waals surface area contributed by atoms with E-state index in [2.05, 4.69) is 4.98 Å². The van der Waals surface area contributed by atoms with Gasteiger partial charge in [-0.05, 0) is 48.7 Å². The molecule has 25 heavy (non-hydrogen) atoms. The van der Waals surface area contributed by atoms with Crippen LogP contribution in [0.3, 0.4) is 0 Å². The van der Waals surface area contributed by atoms with Gasteiger partial charge in [-0.1, -0.05) is 12.1 Å². The van der Waals surface area contributed by atoms with Crippen LogP contribution < -0.4 is 0 Å². The molecular weight excluding hydrogens is 321 g/mol. The largest absolute Gasteiger partial charge is 0.391 e. The van der Waals surface area contributed by atoms with Gasteiger partial charge in [-0.3, -0.25) is 4.79 Å². The molecule has 128 valence electrons. The van der Waals surface area contributed by atoms with Gasteiger partial charge in [0.2, 0.25) is 0 Å². The molecule has 1 aromatic carbocycles. The Morgan fingerprint density at radius 1 is 1.28 bits per heavy atom. The van der Waals surface area contributed by atoms with Gasteiger partial charge in [0.05, 0.1) is 12.1 Å². The predicted molar refractivity (Wildman–Crippen MR) is 90.7 cm³/mol. The third-order valence-corrected chi connectivity index (χ3v) is 4.63. The minimum Gasteiger partial charge on any atom is -0.391 e. The van der Waals surface area contributed by atoms with Crippen LogP contribution in [0.25, 0.3) is 5.65 Å². The Labute approximate surface area is 144 Å². The Kier molecular flexibility index (Phi) is 3.77. The average Bonchev–Trinajstić information content (AvgIpc) is 3.18. The summed E-state index contributed by atoms with van der Waals surface area (Å²) in [4.78, 5) is 19.0. The smallest absolute Gasteiger partial charge is 0.274 e. The van der Waals surface area contributed by atoms with Gasteiger partial charge >= 0.3 is 0 Å². The van der Waals surface area contributed by atoms with Gasteiger partial charge in [-0.15, -0.1) is 0 Å². The molecule has 5 nitrogen and oxygen atoms in total. The summed E-state index contributed by atoms with van der Waals surface area (Å²) in [6.45, 7) is 2.21. The quantitative estimate of drug-likeness (QED) is 0.781. The van der Waals surface area contributed by atoms with E-state index in [4.69, 9.17) is 0 Å². The molecule has 1 amide bonds. The van der Waals surface area contributed by atoms with Crippen LogP contribution in [0.2, 0.25) is 0 Å². The Balaban J connectivity index is 1.67. The van der Waals surface area contributed by atoms with E-state index in [0.717, 1.165) is 11.1 Å². The summed E-state index contributed by atoms with van der Waals surface area (Å²) >= 11 is 0. The number of aromatic nitrogens is 2. The van der Waals surface area contributed by atoms with Crippen molar-refractivity contribution < 1.29 is 14.3 Å². The van der Waals surface area contributed by atoms with Crippen LogP contribution in [0.5, 0.6) is 0 Å². The highest BCUT2D eigenvalue weighted by molar-refractivity contribution is 5.93. The summed E-state index contributed by atoms with van der Waals surface area (Å²) in [6, 6.07) is 9.63. The van der Waals surface area contributed by atoms with Gasteiger partial charge < -0.3 is 14.4 Å². The van der Waals surface area contributed by atoms with E-state index in [1.165, 1.54) is 12.1 Å². The fraction of sp³-hybridized carbons (Fsp3) is 0.263. The van der Waals surface area contributed by atoms with E-state index in [1.807, 2.05) is 25.3 Å². The van der Waals surface area contributed by atoms with Crippen LogP contribution in [0, 0.1) is 12.7 Å². The molecule has 1 N–H and O–H groups in total. The van der Waals surface area contributed by atoms with Crippen molar-refractivity contribution in [2.75, 3.05) is 6.54 Å². The van der Waals surface area contributed by atoms with Gasteiger partial charge in [0, 0.05) is 18.9 Å². The van der Waals surface area contributed by atoms with Crippen LogP contribution in [-0.4, -0.2) is 37.9 Å². The monoisotopic (exact) mass is 339 g/mol. The number of fused-ring (bicyclic) bond motifs is 1. The van der Waals surface area contributed by atoms with Crippen LogP contribution in [0.4, 0.5) is 4.39 Å². The Bertz CT molecular complexity index is 935. The predicted octanol–water partition coefficient (Wildman–Crippen LogP) is 2.73. The van der Waals surface area contributed by atoms with E-state index in [0.29, 0.717) is 17.8 Å². The summed E-state index contributed by atoms with van der Waals surface area (Å²) in [5.74, 6) is -0.553. The van der Waals surface area contributed by atoms with Crippen molar-refractivity contribution >= 4 is 11.6 Å². The molecule has 0 spiro atoms. The number of hydrogen-bond donors (Lipinski definition) is 1. The minimum absolute atomic E-state index is 0.229. The van der Waals surface area contributed by atoms with Crippen molar-refractivity contribution in [2.45, 2.75) is 25.5 Å². The molecule has 1 fully saturated rings. The molecule has 0 radical (unpaired) electrons. The molecule has 4 rings (SSSR count). The highest BCUT2D eigenvalue weighted by atomic mass is 19.1. The molecule has 6 heteroatoms. The number of aliphatic hydroxyl groups excluding tert-OH is 1. The first-order valence-electron chi connectivity index (χ1n) is 8.21. The lowest BCUT2D eigenvalue weighted by atomic mass is 10.0. The standard InChI is InChI=1S/C19H18FN3O2/c1-12-6-7-22-11-16(21-18(22)8-12)19(25)23-10-15(24)9-17(23)13-2-4-14(20)5-3-13/h2-8,11,15,17,24H,9-10H2,1H3. The second-order valence-electron chi connectivity index (χ2n) is 6.51. The molecule has 0 aliphatic carbocycles. The molecular formula is C19H18FN3O2. The maximum Gasteiger partial charge on any atom is 0.274 e. The van der Waals surface area contributed by atoms with E-state index >= 15 is 0 Å². The Morgan fingerprint density at radius 3 is 2.80 bits per heavy atom. The minimum atomic E-state index is -0.599. The molecule has 2 aromatic heterocycles. The first-order chi connectivity index (χ1) is 12.0. The summed E-state index contributed by atoms with van der Waals surface area (Å²) < 4.78 is 15.0. The SMILES string of the molecule is Cc1ccn2cc(C(=O)N3CC(O)CC3c3ccc(F)cc3)nc2c1. The molecule has 1 aliphatic rings. The molecule has 3 heterocycles. The third kappa shape index (κ3) is 2.89. The molecule has 3 aromatic rings. The summed E-state index contributed by atoms with van der Waals surface area (Å²) in [5.41, 5.74) is 2.93. The number of rotatable bonds is 2. The highest BCUT2D eigenvalue weighted by Crippen LogP contribution is 2.33. The Morgan fingerprint density at radius 2 is 2.04 bits per heavy atom. The zero-order valence-corrected chi connectivity index (χ0v) is 13.8. The highest BCUT2D eigenvalue weighted by Gasteiger charge is 2.36. The first-order valence-corrected chi connectivity index (χ1v) is 8.21. The van der Waals surface area contributed by atoms with E-state index in [-0.39, 0.29) is 24.3 Å². The Hall–Kier alpha value is -2.73. The normalized spacial score (nSPS) is 20.4. The van der Waals surface area contributed by atoms with E-state index in [9.17, 15) is 14.3 Å². The first kappa shape index (κ1) is 15.8. The zero-order chi connectivity index (χ0) is 17.6. The average molecular weight is 339 g/mol. The molecule has 2 unspecified atom stereocenters. The number of hydrogen-bond acceptors (Lipinski definition) is 3. The molecule has 1 aliphatic heterocycles.